The standard InChI is InChI=1S/C23H23F3N4O3S/c1-32-17-9-8-13(10-18(17)33-2)16-11-20(23(24,25)26)30-21(28-16)14(12-27-30)22(31)29-15-6-4-5-7-19(15)34-3/h4-10,12,16,20,28H,11H2,1-3H3,(H,29,31)/t16-,20+/m1/s1. The molecule has 0 saturated carbocycles. The van der Waals surface area contributed by atoms with Crippen molar-refractivity contribution in [2.45, 2.75) is 29.6 Å². The van der Waals surface area contributed by atoms with Crippen LogP contribution in [0.5, 0.6) is 11.5 Å². The van der Waals surface area contributed by atoms with E-state index in [2.05, 4.69) is 15.7 Å². The lowest BCUT2D eigenvalue weighted by molar-refractivity contribution is -0.173. The van der Waals surface area contributed by atoms with Gasteiger partial charge < -0.3 is 20.1 Å². The van der Waals surface area contributed by atoms with Gasteiger partial charge in [-0.2, -0.15) is 18.3 Å². The third-order valence-electron chi connectivity index (χ3n) is 5.65. The lowest BCUT2D eigenvalue weighted by Gasteiger charge is -2.34. The largest absolute Gasteiger partial charge is 0.493 e. The summed E-state index contributed by atoms with van der Waals surface area (Å²) in [6.45, 7) is 0. The Morgan fingerprint density at radius 3 is 2.59 bits per heavy atom. The molecule has 0 saturated heterocycles. The minimum absolute atomic E-state index is 0.00694. The van der Waals surface area contributed by atoms with Crippen molar-refractivity contribution in [2.75, 3.05) is 31.1 Å². The molecule has 34 heavy (non-hydrogen) atoms. The number of amides is 1. The number of carbonyl (C=O) groups excluding carboxylic acids is 1. The third-order valence-corrected chi connectivity index (χ3v) is 6.44. The monoisotopic (exact) mass is 492 g/mol. The van der Waals surface area contributed by atoms with Crippen LogP contribution in [-0.2, 0) is 0 Å². The first-order valence-electron chi connectivity index (χ1n) is 10.3. The average Bonchev–Trinajstić information content (AvgIpc) is 3.26. The molecule has 1 aliphatic heterocycles. The number of halogens is 3. The summed E-state index contributed by atoms with van der Waals surface area (Å²) in [5.74, 6) is 0.319. The van der Waals surface area contributed by atoms with Gasteiger partial charge in [0, 0.05) is 11.3 Å². The van der Waals surface area contributed by atoms with E-state index in [-0.39, 0.29) is 17.8 Å². The van der Waals surface area contributed by atoms with E-state index in [9.17, 15) is 18.0 Å². The van der Waals surface area contributed by atoms with Crippen LogP contribution in [0, 0.1) is 0 Å². The summed E-state index contributed by atoms with van der Waals surface area (Å²) in [7, 11) is 2.94. The number of para-hydroxylation sites is 1. The SMILES string of the molecule is COc1ccc([C@H]2C[C@@H](C(F)(F)F)n3ncc(C(=O)Nc4ccccc4SC)c3N2)cc1OC. The summed E-state index contributed by atoms with van der Waals surface area (Å²) >= 11 is 1.45. The Kier molecular flexibility index (Phi) is 6.65. The Morgan fingerprint density at radius 1 is 1.18 bits per heavy atom. The van der Waals surface area contributed by atoms with Gasteiger partial charge in [0.1, 0.15) is 11.4 Å². The van der Waals surface area contributed by atoms with Crippen LogP contribution in [0.1, 0.15) is 34.4 Å². The fourth-order valence-corrected chi connectivity index (χ4v) is 4.51. The summed E-state index contributed by atoms with van der Waals surface area (Å²) in [6.07, 6.45) is -1.83. The molecule has 1 aromatic heterocycles. The van der Waals surface area contributed by atoms with Gasteiger partial charge in [0.25, 0.3) is 5.91 Å². The fourth-order valence-electron chi connectivity index (χ4n) is 3.95. The van der Waals surface area contributed by atoms with Gasteiger partial charge in [-0.3, -0.25) is 4.79 Å². The zero-order chi connectivity index (χ0) is 24.5. The van der Waals surface area contributed by atoms with Gasteiger partial charge in [-0.1, -0.05) is 18.2 Å². The first-order chi connectivity index (χ1) is 16.3. The molecule has 0 aliphatic carbocycles. The number of hydrogen-bond donors (Lipinski definition) is 2. The molecule has 0 spiro atoms. The van der Waals surface area contributed by atoms with Crippen LogP contribution in [0.3, 0.4) is 0 Å². The average molecular weight is 493 g/mol. The number of hydrogen-bond acceptors (Lipinski definition) is 6. The van der Waals surface area contributed by atoms with Gasteiger partial charge in [0.05, 0.1) is 32.1 Å². The van der Waals surface area contributed by atoms with Crippen molar-refractivity contribution in [3.8, 4) is 11.5 Å². The van der Waals surface area contributed by atoms with Gasteiger partial charge in [-0.05, 0) is 36.1 Å². The Morgan fingerprint density at radius 2 is 1.91 bits per heavy atom. The van der Waals surface area contributed by atoms with Gasteiger partial charge in [-0.25, -0.2) is 4.68 Å². The normalized spacial score (nSPS) is 17.5. The van der Waals surface area contributed by atoms with Crippen molar-refractivity contribution in [1.82, 2.24) is 9.78 Å². The quantitative estimate of drug-likeness (QED) is 0.441. The zero-order valence-electron chi connectivity index (χ0n) is 18.6. The first kappa shape index (κ1) is 23.8. The maximum absolute atomic E-state index is 14.0. The van der Waals surface area contributed by atoms with Crippen molar-refractivity contribution in [2.24, 2.45) is 0 Å². The number of aromatic nitrogens is 2. The van der Waals surface area contributed by atoms with Crippen LogP contribution in [0.15, 0.2) is 53.6 Å². The number of carbonyl (C=O) groups is 1. The van der Waals surface area contributed by atoms with Crippen LogP contribution in [0.2, 0.25) is 0 Å². The van der Waals surface area contributed by atoms with Crippen LogP contribution < -0.4 is 20.1 Å². The predicted molar refractivity (Wildman–Crippen MR) is 124 cm³/mol. The predicted octanol–water partition coefficient (Wildman–Crippen LogP) is 5.53. The highest BCUT2D eigenvalue weighted by Gasteiger charge is 2.47. The van der Waals surface area contributed by atoms with Gasteiger partial charge in [-0.15, -0.1) is 11.8 Å². The Hall–Kier alpha value is -3.34. The van der Waals surface area contributed by atoms with Crippen molar-refractivity contribution in [1.29, 1.82) is 0 Å². The molecule has 2 atom stereocenters. The lowest BCUT2D eigenvalue weighted by atomic mass is 9.96. The van der Waals surface area contributed by atoms with Gasteiger partial charge >= 0.3 is 6.18 Å². The van der Waals surface area contributed by atoms with Crippen LogP contribution in [-0.4, -0.2) is 42.3 Å². The van der Waals surface area contributed by atoms with E-state index >= 15 is 0 Å². The van der Waals surface area contributed by atoms with E-state index in [1.54, 1.807) is 30.3 Å². The molecule has 2 heterocycles. The van der Waals surface area contributed by atoms with E-state index in [1.165, 1.54) is 26.0 Å². The summed E-state index contributed by atoms with van der Waals surface area (Å²) in [4.78, 5) is 13.9. The van der Waals surface area contributed by atoms with Crippen molar-refractivity contribution in [3.05, 3.63) is 59.8 Å². The molecular formula is C23H23F3N4O3S. The molecule has 0 bridgehead atoms. The molecule has 0 radical (unpaired) electrons. The molecule has 180 valence electrons. The van der Waals surface area contributed by atoms with Crippen LogP contribution >= 0.6 is 11.8 Å². The van der Waals surface area contributed by atoms with Crippen LogP contribution in [0.25, 0.3) is 0 Å². The van der Waals surface area contributed by atoms with Crippen molar-refractivity contribution in [3.63, 3.8) is 0 Å². The Bertz CT molecular complexity index is 1200. The second-order valence-electron chi connectivity index (χ2n) is 7.61. The second kappa shape index (κ2) is 9.49. The van der Waals surface area contributed by atoms with Gasteiger partial charge in [0.15, 0.2) is 17.5 Å². The molecule has 1 aliphatic rings. The van der Waals surface area contributed by atoms with E-state index in [1.807, 2.05) is 18.4 Å². The van der Waals surface area contributed by atoms with Crippen LogP contribution in [0.4, 0.5) is 24.7 Å². The highest BCUT2D eigenvalue weighted by atomic mass is 32.2. The maximum Gasteiger partial charge on any atom is 0.410 e. The number of nitrogens with zero attached hydrogens (tertiary/aromatic N) is 2. The summed E-state index contributed by atoms with van der Waals surface area (Å²) in [6, 6.07) is 9.49. The number of thioether (sulfide) groups is 1. The summed E-state index contributed by atoms with van der Waals surface area (Å²) < 4.78 is 53.4. The number of benzene rings is 2. The maximum atomic E-state index is 14.0. The molecule has 0 unspecified atom stereocenters. The van der Waals surface area contributed by atoms with E-state index in [4.69, 9.17) is 9.47 Å². The fraction of sp³-hybridized carbons (Fsp3) is 0.304. The van der Waals surface area contributed by atoms with Crippen molar-refractivity contribution >= 4 is 29.2 Å². The molecule has 7 nitrogen and oxygen atoms in total. The third kappa shape index (κ3) is 4.52. The van der Waals surface area contributed by atoms with E-state index < -0.39 is 24.2 Å². The highest BCUT2D eigenvalue weighted by molar-refractivity contribution is 7.98. The van der Waals surface area contributed by atoms with Crippen molar-refractivity contribution < 1.29 is 27.4 Å². The van der Waals surface area contributed by atoms with E-state index in [0.29, 0.717) is 22.7 Å². The zero-order valence-corrected chi connectivity index (χ0v) is 19.5. The number of anilines is 2. The molecule has 0 fully saturated rings. The topological polar surface area (TPSA) is 77.4 Å². The number of rotatable bonds is 6. The molecular weight excluding hydrogens is 469 g/mol. The number of nitrogens with one attached hydrogen (secondary N) is 2. The number of alkyl halides is 3. The first-order valence-corrected chi connectivity index (χ1v) is 11.6. The number of methoxy groups -OCH3 is 2. The highest BCUT2D eigenvalue weighted by Crippen LogP contribution is 2.45. The lowest BCUT2D eigenvalue weighted by Crippen LogP contribution is -2.36. The second-order valence-corrected chi connectivity index (χ2v) is 8.46. The summed E-state index contributed by atoms with van der Waals surface area (Å²) in [5.41, 5.74) is 1.16. The minimum atomic E-state index is -4.56. The molecule has 11 heteroatoms. The molecule has 2 aromatic carbocycles. The Labute approximate surface area is 198 Å². The molecule has 1 amide bonds. The molecule has 3 aromatic rings. The van der Waals surface area contributed by atoms with E-state index in [0.717, 1.165) is 15.8 Å². The minimum Gasteiger partial charge on any atom is -0.493 e. The molecule has 2 N–H and O–H groups in total. The summed E-state index contributed by atoms with van der Waals surface area (Å²) in [5, 5.41) is 9.79. The van der Waals surface area contributed by atoms with Gasteiger partial charge in [0.2, 0.25) is 0 Å². The Balaban J connectivity index is 1.71. The molecule has 4 rings (SSSR count). The number of fused-ring (bicyclic) bond motifs is 1. The smallest absolute Gasteiger partial charge is 0.410 e. The number of ether oxygens (including phenoxy) is 2.